The molecule has 0 aromatic carbocycles. The smallest absolute Gasteiger partial charge is 0.306 e. The lowest BCUT2D eigenvalue weighted by atomic mass is 10.1. The first-order valence-corrected chi connectivity index (χ1v) is 9.34. The van der Waals surface area contributed by atoms with E-state index in [9.17, 15) is 13.2 Å². The molecule has 2 rings (SSSR count). The average molecular weight is 333 g/mol. The molecule has 1 N–H and O–H groups in total. The maximum Gasteiger partial charge on any atom is 0.306 e. The molecule has 2 aliphatic rings. The second-order valence-corrected chi connectivity index (χ2v) is 8.22. The monoisotopic (exact) mass is 333 g/mol. The van der Waals surface area contributed by atoms with Gasteiger partial charge in [-0.2, -0.15) is 17.0 Å². The number of carbonyl (C=O) groups is 1. The first-order valence-electron chi connectivity index (χ1n) is 7.95. The first kappa shape index (κ1) is 17.7. The van der Waals surface area contributed by atoms with Crippen LogP contribution in [0.3, 0.4) is 0 Å². The van der Waals surface area contributed by atoms with Gasteiger partial charge >= 0.3 is 5.97 Å². The number of methoxy groups -OCH3 is 1. The van der Waals surface area contributed by atoms with Crippen LogP contribution in [0, 0.1) is 5.92 Å². The van der Waals surface area contributed by atoms with Crippen molar-refractivity contribution in [1.82, 2.24) is 13.9 Å². The standard InChI is InChI=1S/C14H27N3O4S/c1-16(8-7-14(18)21-2)22(19,20)17-9-5-13(6-10-17)15-11-12-3-4-12/h12-13,15H,3-11H2,1-2H3. The molecule has 0 atom stereocenters. The maximum atomic E-state index is 12.4. The zero-order valence-corrected chi connectivity index (χ0v) is 14.3. The van der Waals surface area contributed by atoms with Gasteiger partial charge in [-0.05, 0) is 38.1 Å². The Labute approximate surface area is 133 Å². The van der Waals surface area contributed by atoms with E-state index in [1.54, 1.807) is 0 Å². The molecule has 1 aliphatic heterocycles. The molecule has 0 aromatic heterocycles. The molecule has 0 bridgehead atoms. The highest BCUT2D eigenvalue weighted by atomic mass is 32.2. The molecule has 0 spiro atoms. The molecule has 1 heterocycles. The minimum Gasteiger partial charge on any atom is -0.469 e. The van der Waals surface area contributed by atoms with E-state index in [0.29, 0.717) is 19.1 Å². The third-order valence-corrected chi connectivity index (χ3v) is 6.41. The zero-order chi connectivity index (χ0) is 16.2. The third-order valence-electron chi connectivity index (χ3n) is 4.42. The Morgan fingerprint density at radius 3 is 2.45 bits per heavy atom. The van der Waals surface area contributed by atoms with Crippen molar-refractivity contribution in [3.63, 3.8) is 0 Å². The van der Waals surface area contributed by atoms with Crippen LogP contribution in [0.2, 0.25) is 0 Å². The minimum atomic E-state index is -3.48. The van der Waals surface area contributed by atoms with Gasteiger partial charge in [-0.1, -0.05) is 0 Å². The molecule has 1 saturated carbocycles. The molecule has 8 heteroatoms. The van der Waals surface area contributed by atoms with Crippen LogP contribution >= 0.6 is 0 Å². The fourth-order valence-corrected chi connectivity index (χ4v) is 4.00. The predicted octanol–water partition coefficient (Wildman–Crippen LogP) is 0.190. The average Bonchev–Trinajstić information content (AvgIpc) is 3.34. The number of ether oxygens (including phenoxy) is 1. The van der Waals surface area contributed by atoms with Crippen LogP contribution in [0.1, 0.15) is 32.1 Å². The van der Waals surface area contributed by atoms with E-state index in [-0.39, 0.29) is 13.0 Å². The van der Waals surface area contributed by atoms with Gasteiger partial charge in [0.1, 0.15) is 0 Å². The highest BCUT2D eigenvalue weighted by molar-refractivity contribution is 7.86. The van der Waals surface area contributed by atoms with Crippen LogP contribution in [0.15, 0.2) is 0 Å². The number of hydrogen-bond donors (Lipinski definition) is 1. The van der Waals surface area contributed by atoms with E-state index < -0.39 is 16.2 Å². The molecule has 128 valence electrons. The number of carbonyl (C=O) groups excluding carboxylic acids is 1. The zero-order valence-electron chi connectivity index (χ0n) is 13.5. The first-order chi connectivity index (χ1) is 10.4. The SMILES string of the molecule is COC(=O)CCN(C)S(=O)(=O)N1CCC(NCC2CC2)CC1. The van der Waals surface area contributed by atoms with Crippen molar-refractivity contribution < 1.29 is 17.9 Å². The molecule has 2 fully saturated rings. The lowest BCUT2D eigenvalue weighted by molar-refractivity contribution is -0.140. The van der Waals surface area contributed by atoms with E-state index in [1.165, 1.54) is 35.6 Å². The Bertz CT molecular complexity index is 470. The molecular formula is C14H27N3O4S. The number of nitrogens with one attached hydrogen (secondary N) is 1. The van der Waals surface area contributed by atoms with E-state index in [1.807, 2.05) is 0 Å². The van der Waals surface area contributed by atoms with Crippen LogP contribution in [0.25, 0.3) is 0 Å². The van der Waals surface area contributed by atoms with Gasteiger partial charge in [0, 0.05) is 32.7 Å². The molecule has 0 amide bonds. The summed E-state index contributed by atoms with van der Waals surface area (Å²) in [7, 11) is -0.666. The molecular weight excluding hydrogens is 306 g/mol. The van der Waals surface area contributed by atoms with Crippen molar-refractivity contribution in [3.8, 4) is 0 Å². The van der Waals surface area contributed by atoms with Crippen molar-refractivity contribution >= 4 is 16.2 Å². The van der Waals surface area contributed by atoms with Gasteiger partial charge in [0.25, 0.3) is 10.2 Å². The number of nitrogens with zero attached hydrogens (tertiary/aromatic N) is 2. The molecule has 1 saturated heterocycles. The topological polar surface area (TPSA) is 79.0 Å². The Balaban J connectivity index is 1.76. The van der Waals surface area contributed by atoms with Crippen LogP contribution in [-0.4, -0.2) is 69.4 Å². The van der Waals surface area contributed by atoms with Gasteiger partial charge in [-0.3, -0.25) is 4.79 Å². The lowest BCUT2D eigenvalue weighted by Crippen LogP contribution is -2.49. The minimum absolute atomic E-state index is 0.0750. The van der Waals surface area contributed by atoms with Gasteiger partial charge in [0.2, 0.25) is 0 Å². The van der Waals surface area contributed by atoms with Crippen LogP contribution in [0.5, 0.6) is 0 Å². The molecule has 0 aromatic rings. The van der Waals surface area contributed by atoms with Crippen molar-refractivity contribution in [1.29, 1.82) is 0 Å². The van der Waals surface area contributed by atoms with E-state index in [0.717, 1.165) is 25.3 Å². The molecule has 7 nitrogen and oxygen atoms in total. The fraction of sp³-hybridized carbons (Fsp3) is 0.929. The van der Waals surface area contributed by atoms with Crippen LogP contribution < -0.4 is 5.32 Å². The highest BCUT2D eigenvalue weighted by Crippen LogP contribution is 2.28. The second-order valence-electron chi connectivity index (χ2n) is 6.18. The summed E-state index contributed by atoms with van der Waals surface area (Å²) in [5.41, 5.74) is 0. The van der Waals surface area contributed by atoms with Gasteiger partial charge in [-0.25, -0.2) is 0 Å². The Hall–Kier alpha value is -0.700. The van der Waals surface area contributed by atoms with E-state index in [2.05, 4.69) is 10.1 Å². The normalized spacial score (nSPS) is 21.2. The van der Waals surface area contributed by atoms with Crippen molar-refractivity contribution in [2.75, 3.05) is 40.3 Å². The predicted molar refractivity (Wildman–Crippen MR) is 83.5 cm³/mol. The Morgan fingerprint density at radius 1 is 1.27 bits per heavy atom. The second kappa shape index (κ2) is 7.72. The summed E-state index contributed by atoms with van der Waals surface area (Å²) in [6.45, 7) is 2.28. The Morgan fingerprint density at radius 2 is 1.91 bits per heavy atom. The number of hydrogen-bond acceptors (Lipinski definition) is 5. The van der Waals surface area contributed by atoms with Crippen LogP contribution in [-0.2, 0) is 19.7 Å². The third kappa shape index (κ3) is 4.91. The number of esters is 1. The van der Waals surface area contributed by atoms with Gasteiger partial charge < -0.3 is 10.1 Å². The molecule has 1 aliphatic carbocycles. The summed E-state index contributed by atoms with van der Waals surface area (Å²) in [5.74, 6) is 0.441. The number of rotatable bonds is 8. The van der Waals surface area contributed by atoms with Gasteiger partial charge in [-0.15, -0.1) is 0 Å². The summed E-state index contributed by atoms with van der Waals surface area (Å²) in [4.78, 5) is 11.1. The molecule has 0 unspecified atom stereocenters. The maximum absolute atomic E-state index is 12.4. The van der Waals surface area contributed by atoms with Crippen molar-refractivity contribution in [2.45, 2.75) is 38.1 Å². The Kier molecular flexibility index (Phi) is 6.19. The quantitative estimate of drug-likeness (QED) is 0.642. The van der Waals surface area contributed by atoms with Gasteiger partial charge in [0.15, 0.2) is 0 Å². The number of piperidine rings is 1. The van der Waals surface area contributed by atoms with E-state index >= 15 is 0 Å². The van der Waals surface area contributed by atoms with Crippen molar-refractivity contribution in [3.05, 3.63) is 0 Å². The lowest BCUT2D eigenvalue weighted by Gasteiger charge is -2.34. The van der Waals surface area contributed by atoms with Crippen molar-refractivity contribution in [2.24, 2.45) is 5.92 Å². The summed E-state index contributed by atoms with van der Waals surface area (Å²) in [5, 5.41) is 3.54. The van der Waals surface area contributed by atoms with Crippen LogP contribution in [0.4, 0.5) is 0 Å². The summed E-state index contributed by atoms with van der Waals surface area (Å²) in [6, 6.07) is 0.424. The fourth-order valence-electron chi connectivity index (χ4n) is 2.61. The molecule has 0 radical (unpaired) electrons. The molecule has 22 heavy (non-hydrogen) atoms. The van der Waals surface area contributed by atoms with Gasteiger partial charge in [0.05, 0.1) is 13.5 Å². The summed E-state index contributed by atoms with van der Waals surface area (Å²) >= 11 is 0. The summed E-state index contributed by atoms with van der Waals surface area (Å²) in [6.07, 6.45) is 4.41. The largest absolute Gasteiger partial charge is 0.469 e. The summed E-state index contributed by atoms with van der Waals surface area (Å²) < 4.78 is 32.2. The highest BCUT2D eigenvalue weighted by Gasteiger charge is 2.31. The van der Waals surface area contributed by atoms with E-state index in [4.69, 9.17) is 0 Å².